The first-order chi connectivity index (χ1) is 8.31. The summed E-state index contributed by atoms with van der Waals surface area (Å²) in [5, 5.41) is 0. The highest BCUT2D eigenvalue weighted by atomic mass is 15.3. The van der Waals surface area contributed by atoms with Gasteiger partial charge in [-0.15, -0.1) is 0 Å². The molecule has 0 radical (unpaired) electrons. The van der Waals surface area contributed by atoms with Gasteiger partial charge in [0.05, 0.1) is 5.69 Å². The third kappa shape index (κ3) is 2.02. The van der Waals surface area contributed by atoms with Crippen molar-refractivity contribution in [2.75, 3.05) is 18.0 Å². The topological polar surface area (TPSA) is 55.0 Å². The van der Waals surface area contributed by atoms with Crippen LogP contribution in [0.2, 0.25) is 0 Å². The molecule has 2 aliphatic rings. The summed E-state index contributed by atoms with van der Waals surface area (Å²) in [6.07, 6.45) is 8.71. The Morgan fingerprint density at radius 1 is 1.29 bits per heavy atom. The van der Waals surface area contributed by atoms with Gasteiger partial charge in [-0.05, 0) is 30.7 Å². The van der Waals surface area contributed by atoms with Crippen LogP contribution in [0.25, 0.3) is 0 Å². The van der Waals surface area contributed by atoms with E-state index in [4.69, 9.17) is 5.73 Å². The van der Waals surface area contributed by atoms with Crippen molar-refractivity contribution in [3.63, 3.8) is 0 Å². The Morgan fingerprint density at radius 3 is 2.88 bits per heavy atom. The number of nitrogens with zero attached hydrogens (tertiary/aromatic N) is 3. The van der Waals surface area contributed by atoms with Crippen molar-refractivity contribution >= 4 is 5.95 Å². The Bertz CT molecular complexity index is 398. The number of nitrogens with two attached hydrogens (primary N) is 1. The molecule has 1 aliphatic heterocycles. The molecule has 4 heteroatoms. The van der Waals surface area contributed by atoms with Crippen LogP contribution in [0.1, 0.15) is 37.8 Å². The summed E-state index contributed by atoms with van der Waals surface area (Å²) in [7, 11) is 0. The SMILES string of the molecule is NCc1ccnc(N2CCC3(CCCC3)C2)n1. The van der Waals surface area contributed by atoms with E-state index in [1.165, 1.54) is 32.1 Å². The maximum atomic E-state index is 5.62. The quantitative estimate of drug-likeness (QED) is 0.843. The summed E-state index contributed by atoms with van der Waals surface area (Å²) in [6.45, 7) is 2.74. The molecule has 1 saturated carbocycles. The lowest BCUT2D eigenvalue weighted by atomic mass is 9.86. The minimum absolute atomic E-state index is 0.495. The number of anilines is 1. The third-order valence-corrected chi connectivity index (χ3v) is 4.30. The zero-order valence-corrected chi connectivity index (χ0v) is 10.2. The molecule has 2 heterocycles. The first-order valence-corrected chi connectivity index (χ1v) is 6.58. The monoisotopic (exact) mass is 232 g/mol. The van der Waals surface area contributed by atoms with Crippen molar-refractivity contribution in [1.29, 1.82) is 0 Å². The Labute approximate surface area is 102 Å². The van der Waals surface area contributed by atoms with Gasteiger partial charge in [0.15, 0.2) is 0 Å². The molecular weight excluding hydrogens is 212 g/mol. The molecule has 1 spiro atoms. The summed E-state index contributed by atoms with van der Waals surface area (Å²) in [4.78, 5) is 11.2. The van der Waals surface area contributed by atoms with Crippen LogP contribution >= 0.6 is 0 Å². The van der Waals surface area contributed by atoms with E-state index in [2.05, 4.69) is 14.9 Å². The Hall–Kier alpha value is -1.16. The van der Waals surface area contributed by atoms with Crippen LogP contribution in [0.4, 0.5) is 5.95 Å². The van der Waals surface area contributed by atoms with Crippen molar-refractivity contribution < 1.29 is 0 Å². The predicted molar refractivity (Wildman–Crippen MR) is 67.7 cm³/mol. The lowest BCUT2D eigenvalue weighted by Gasteiger charge is -2.23. The van der Waals surface area contributed by atoms with E-state index in [0.717, 1.165) is 24.7 Å². The van der Waals surface area contributed by atoms with Gasteiger partial charge in [-0.1, -0.05) is 12.8 Å². The molecule has 1 aromatic rings. The highest BCUT2D eigenvalue weighted by Gasteiger charge is 2.40. The minimum Gasteiger partial charge on any atom is -0.340 e. The number of aromatic nitrogens is 2. The van der Waals surface area contributed by atoms with Crippen molar-refractivity contribution in [2.45, 2.75) is 38.6 Å². The molecule has 4 nitrogen and oxygen atoms in total. The van der Waals surface area contributed by atoms with Crippen LogP contribution in [0.15, 0.2) is 12.3 Å². The maximum absolute atomic E-state index is 5.62. The van der Waals surface area contributed by atoms with E-state index >= 15 is 0 Å². The smallest absolute Gasteiger partial charge is 0.225 e. The maximum Gasteiger partial charge on any atom is 0.225 e. The molecule has 92 valence electrons. The molecule has 2 fully saturated rings. The normalized spacial score (nSPS) is 22.5. The second kappa shape index (κ2) is 4.26. The minimum atomic E-state index is 0.495. The van der Waals surface area contributed by atoms with Crippen LogP contribution in [0.5, 0.6) is 0 Å². The fraction of sp³-hybridized carbons (Fsp3) is 0.692. The molecule has 0 amide bonds. The summed E-state index contributed by atoms with van der Waals surface area (Å²) in [5.41, 5.74) is 7.13. The van der Waals surface area contributed by atoms with Gasteiger partial charge < -0.3 is 10.6 Å². The molecule has 0 aromatic carbocycles. The highest BCUT2D eigenvalue weighted by molar-refractivity contribution is 5.33. The molecule has 1 saturated heterocycles. The molecular formula is C13H20N4. The van der Waals surface area contributed by atoms with Crippen LogP contribution < -0.4 is 10.6 Å². The predicted octanol–water partition coefficient (Wildman–Crippen LogP) is 1.71. The van der Waals surface area contributed by atoms with Crippen LogP contribution in [0.3, 0.4) is 0 Å². The van der Waals surface area contributed by atoms with Gasteiger partial charge in [0.2, 0.25) is 5.95 Å². The lowest BCUT2D eigenvalue weighted by Crippen LogP contribution is -2.26. The Kier molecular flexibility index (Phi) is 2.74. The summed E-state index contributed by atoms with van der Waals surface area (Å²) in [6, 6.07) is 1.89. The zero-order chi connectivity index (χ0) is 11.7. The molecule has 0 atom stereocenters. The summed E-state index contributed by atoms with van der Waals surface area (Å²) >= 11 is 0. The lowest BCUT2D eigenvalue weighted by molar-refractivity contribution is 0.340. The average Bonchev–Trinajstić information content (AvgIpc) is 3.01. The second-order valence-corrected chi connectivity index (χ2v) is 5.43. The average molecular weight is 232 g/mol. The van der Waals surface area contributed by atoms with Gasteiger partial charge >= 0.3 is 0 Å². The molecule has 0 bridgehead atoms. The van der Waals surface area contributed by atoms with Gasteiger partial charge in [0, 0.05) is 25.8 Å². The first-order valence-electron chi connectivity index (χ1n) is 6.58. The van der Waals surface area contributed by atoms with Gasteiger partial charge in [0.25, 0.3) is 0 Å². The largest absolute Gasteiger partial charge is 0.340 e. The number of rotatable bonds is 2. The van der Waals surface area contributed by atoms with E-state index in [1.807, 2.05) is 12.3 Å². The number of hydrogen-bond donors (Lipinski definition) is 1. The van der Waals surface area contributed by atoms with Crippen LogP contribution in [-0.4, -0.2) is 23.1 Å². The second-order valence-electron chi connectivity index (χ2n) is 5.43. The zero-order valence-electron chi connectivity index (χ0n) is 10.2. The van der Waals surface area contributed by atoms with Crippen molar-refractivity contribution in [2.24, 2.45) is 11.1 Å². The van der Waals surface area contributed by atoms with Gasteiger partial charge in [-0.25, -0.2) is 9.97 Å². The summed E-state index contributed by atoms with van der Waals surface area (Å²) < 4.78 is 0. The van der Waals surface area contributed by atoms with E-state index in [-0.39, 0.29) is 0 Å². The molecule has 17 heavy (non-hydrogen) atoms. The highest BCUT2D eigenvalue weighted by Crippen LogP contribution is 2.45. The fourth-order valence-electron chi connectivity index (χ4n) is 3.29. The van der Waals surface area contributed by atoms with E-state index in [9.17, 15) is 0 Å². The first kappa shape index (κ1) is 11.0. The van der Waals surface area contributed by atoms with E-state index in [1.54, 1.807) is 0 Å². The van der Waals surface area contributed by atoms with Gasteiger partial charge in [0.1, 0.15) is 0 Å². The molecule has 0 unspecified atom stereocenters. The van der Waals surface area contributed by atoms with Gasteiger partial charge in [-0.2, -0.15) is 0 Å². The van der Waals surface area contributed by atoms with Gasteiger partial charge in [-0.3, -0.25) is 0 Å². The Morgan fingerprint density at radius 2 is 2.12 bits per heavy atom. The fourth-order valence-corrected chi connectivity index (χ4v) is 3.29. The molecule has 3 rings (SSSR count). The van der Waals surface area contributed by atoms with Crippen molar-refractivity contribution in [3.05, 3.63) is 18.0 Å². The van der Waals surface area contributed by atoms with Crippen LogP contribution in [0, 0.1) is 5.41 Å². The molecule has 1 aliphatic carbocycles. The van der Waals surface area contributed by atoms with E-state index in [0.29, 0.717) is 12.0 Å². The van der Waals surface area contributed by atoms with E-state index < -0.39 is 0 Å². The van der Waals surface area contributed by atoms with Crippen molar-refractivity contribution in [1.82, 2.24) is 9.97 Å². The third-order valence-electron chi connectivity index (χ3n) is 4.30. The van der Waals surface area contributed by atoms with Crippen LogP contribution in [-0.2, 0) is 6.54 Å². The van der Waals surface area contributed by atoms with Crippen molar-refractivity contribution in [3.8, 4) is 0 Å². The number of hydrogen-bond acceptors (Lipinski definition) is 4. The summed E-state index contributed by atoms with van der Waals surface area (Å²) in [5.74, 6) is 0.872. The molecule has 1 aromatic heterocycles. The molecule has 2 N–H and O–H groups in total. The Balaban J connectivity index is 1.77. The standard InChI is InChI=1S/C13H20N4/c14-9-11-3-7-15-12(16-11)17-8-6-13(10-17)4-1-2-5-13/h3,7H,1-2,4-6,8-10,14H2.